The van der Waals surface area contributed by atoms with Crippen LogP contribution in [0.3, 0.4) is 0 Å². The topological polar surface area (TPSA) is 22.1 Å². The Kier molecular flexibility index (Phi) is 5.79. The number of unbranched alkanes of at least 4 members (excludes halogenated alkanes) is 1. The Morgan fingerprint density at radius 1 is 0.778 bits per heavy atom. The van der Waals surface area contributed by atoms with Crippen LogP contribution in [0.15, 0.2) is 66.9 Å². The Bertz CT molecular complexity index is 854. The minimum atomic E-state index is -4.42. The van der Waals surface area contributed by atoms with Crippen LogP contribution in [0.2, 0.25) is 0 Å². The number of hydrogen-bond donors (Lipinski definition) is 0. The van der Waals surface area contributed by atoms with Crippen LogP contribution < -0.4 is 4.74 Å². The van der Waals surface area contributed by atoms with Gasteiger partial charge >= 0.3 is 6.18 Å². The van der Waals surface area contributed by atoms with Crippen molar-refractivity contribution in [2.24, 2.45) is 0 Å². The molecule has 0 amide bonds. The summed E-state index contributed by atoms with van der Waals surface area (Å²) in [4.78, 5) is 3.51. The maximum atomic E-state index is 12.6. The summed E-state index contributed by atoms with van der Waals surface area (Å²) in [6.07, 6.45) is -1.05. The van der Waals surface area contributed by atoms with Gasteiger partial charge in [-0.1, -0.05) is 55.8 Å². The van der Waals surface area contributed by atoms with Crippen LogP contribution >= 0.6 is 0 Å². The average molecular weight is 371 g/mol. The van der Waals surface area contributed by atoms with Crippen molar-refractivity contribution in [2.75, 3.05) is 6.61 Å². The third-order valence-electron chi connectivity index (χ3n) is 4.23. The van der Waals surface area contributed by atoms with Gasteiger partial charge < -0.3 is 4.74 Å². The molecule has 0 atom stereocenters. The second-order valence-electron chi connectivity index (χ2n) is 6.23. The molecular formula is C22H20F3NO. The molecule has 140 valence electrons. The van der Waals surface area contributed by atoms with E-state index in [9.17, 15) is 13.2 Å². The molecule has 27 heavy (non-hydrogen) atoms. The Morgan fingerprint density at radius 2 is 1.30 bits per heavy atom. The van der Waals surface area contributed by atoms with E-state index in [4.69, 9.17) is 4.74 Å². The maximum absolute atomic E-state index is 12.6. The van der Waals surface area contributed by atoms with Crippen LogP contribution in [0.25, 0.3) is 22.3 Å². The molecule has 0 aliphatic carbocycles. The van der Waals surface area contributed by atoms with E-state index in [1.165, 1.54) is 12.3 Å². The standard InChI is InChI=1S/C22H20F3NO/c1-2-3-14-27-20-11-8-17(9-12-20)16-4-6-18(7-5-16)19-10-13-21(26-15-19)22(23,24)25/h4-13,15H,2-3,14H2,1H3. The second kappa shape index (κ2) is 8.25. The summed E-state index contributed by atoms with van der Waals surface area (Å²) < 4.78 is 43.5. The zero-order chi connectivity index (χ0) is 19.3. The molecular weight excluding hydrogens is 351 g/mol. The zero-order valence-electron chi connectivity index (χ0n) is 15.0. The molecule has 0 saturated carbocycles. The van der Waals surface area contributed by atoms with E-state index in [0.29, 0.717) is 12.2 Å². The fourth-order valence-electron chi connectivity index (χ4n) is 2.67. The predicted octanol–water partition coefficient (Wildman–Crippen LogP) is 6.61. The molecule has 0 spiro atoms. The molecule has 1 aromatic heterocycles. The van der Waals surface area contributed by atoms with Crippen molar-refractivity contribution < 1.29 is 17.9 Å². The minimum Gasteiger partial charge on any atom is -0.494 e. The summed E-state index contributed by atoms with van der Waals surface area (Å²) in [5.41, 5.74) is 2.66. The van der Waals surface area contributed by atoms with Crippen molar-refractivity contribution in [2.45, 2.75) is 25.9 Å². The molecule has 0 fully saturated rings. The van der Waals surface area contributed by atoms with Crippen LogP contribution in [-0.4, -0.2) is 11.6 Å². The summed E-state index contributed by atoms with van der Waals surface area (Å²) in [6, 6.07) is 18.0. The van der Waals surface area contributed by atoms with Gasteiger partial charge in [-0.3, -0.25) is 4.98 Å². The van der Waals surface area contributed by atoms with E-state index in [1.54, 1.807) is 0 Å². The van der Waals surface area contributed by atoms with Gasteiger partial charge in [0.2, 0.25) is 0 Å². The summed E-state index contributed by atoms with van der Waals surface area (Å²) in [5.74, 6) is 0.847. The van der Waals surface area contributed by atoms with Gasteiger partial charge in [-0.2, -0.15) is 13.2 Å². The monoisotopic (exact) mass is 371 g/mol. The highest BCUT2D eigenvalue weighted by atomic mass is 19.4. The summed E-state index contributed by atoms with van der Waals surface area (Å²) in [7, 11) is 0. The fraction of sp³-hybridized carbons (Fsp3) is 0.227. The molecule has 3 aromatic rings. The van der Waals surface area contributed by atoms with Crippen LogP contribution in [-0.2, 0) is 6.18 Å². The van der Waals surface area contributed by atoms with Gasteiger partial charge in [0, 0.05) is 11.8 Å². The van der Waals surface area contributed by atoms with Crippen LogP contribution in [0, 0.1) is 0 Å². The normalized spacial score (nSPS) is 11.4. The molecule has 1 heterocycles. The Balaban J connectivity index is 1.71. The number of ether oxygens (including phenoxy) is 1. The first-order chi connectivity index (χ1) is 13.0. The number of nitrogens with zero attached hydrogens (tertiary/aromatic N) is 1. The molecule has 0 radical (unpaired) electrons. The van der Waals surface area contributed by atoms with E-state index >= 15 is 0 Å². The van der Waals surface area contributed by atoms with Crippen molar-refractivity contribution in [1.29, 1.82) is 0 Å². The van der Waals surface area contributed by atoms with E-state index in [1.807, 2.05) is 48.5 Å². The lowest BCUT2D eigenvalue weighted by Gasteiger charge is -2.09. The highest BCUT2D eigenvalue weighted by Crippen LogP contribution is 2.30. The molecule has 0 N–H and O–H groups in total. The summed E-state index contributed by atoms with van der Waals surface area (Å²) in [6.45, 7) is 2.84. The van der Waals surface area contributed by atoms with Crippen molar-refractivity contribution >= 4 is 0 Å². The molecule has 2 nitrogen and oxygen atoms in total. The van der Waals surface area contributed by atoms with Crippen molar-refractivity contribution in [3.8, 4) is 28.0 Å². The summed E-state index contributed by atoms with van der Waals surface area (Å²) in [5, 5.41) is 0. The lowest BCUT2D eigenvalue weighted by molar-refractivity contribution is -0.141. The van der Waals surface area contributed by atoms with Crippen molar-refractivity contribution in [1.82, 2.24) is 4.98 Å². The van der Waals surface area contributed by atoms with Gasteiger partial charge in [0.25, 0.3) is 0 Å². The Morgan fingerprint density at radius 3 is 1.78 bits per heavy atom. The highest BCUT2D eigenvalue weighted by molar-refractivity contribution is 5.70. The average Bonchev–Trinajstić information content (AvgIpc) is 2.68. The van der Waals surface area contributed by atoms with E-state index < -0.39 is 11.9 Å². The number of alkyl halides is 3. The number of pyridine rings is 1. The number of benzene rings is 2. The molecule has 0 saturated heterocycles. The van der Waals surface area contributed by atoms with Crippen LogP contribution in [0.5, 0.6) is 5.75 Å². The molecule has 2 aromatic carbocycles. The van der Waals surface area contributed by atoms with Gasteiger partial charge in [-0.15, -0.1) is 0 Å². The zero-order valence-corrected chi connectivity index (χ0v) is 15.0. The molecule has 3 rings (SSSR count). The number of rotatable bonds is 6. The largest absolute Gasteiger partial charge is 0.494 e. The first-order valence-corrected chi connectivity index (χ1v) is 8.84. The molecule has 0 unspecified atom stereocenters. The second-order valence-corrected chi connectivity index (χ2v) is 6.23. The SMILES string of the molecule is CCCCOc1ccc(-c2ccc(-c3ccc(C(F)(F)F)nc3)cc2)cc1. The number of aromatic nitrogens is 1. The number of halogens is 3. The lowest BCUT2D eigenvalue weighted by Crippen LogP contribution is -2.07. The first kappa shape index (κ1) is 19.0. The third kappa shape index (κ3) is 4.88. The summed E-state index contributed by atoms with van der Waals surface area (Å²) >= 11 is 0. The molecule has 5 heteroatoms. The highest BCUT2D eigenvalue weighted by Gasteiger charge is 2.32. The van der Waals surface area contributed by atoms with Gasteiger partial charge in [-0.05, 0) is 41.3 Å². The third-order valence-corrected chi connectivity index (χ3v) is 4.23. The van der Waals surface area contributed by atoms with Gasteiger partial charge in [0.15, 0.2) is 0 Å². The molecule has 0 bridgehead atoms. The van der Waals surface area contributed by atoms with Gasteiger partial charge in [-0.25, -0.2) is 0 Å². The number of hydrogen-bond acceptors (Lipinski definition) is 2. The maximum Gasteiger partial charge on any atom is 0.433 e. The van der Waals surface area contributed by atoms with Crippen molar-refractivity contribution in [3.63, 3.8) is 0 Å². The lowest BCUT2D eigenvalue weighted by atomic mass is 10.0. The first-order valence-electron chi connectivity index (χ1n) is 8.84. The fourth-order valence-corrected chi connectivity index (χ4v) is 2.67. The smallest absolute Gasteiger partial charge is 0.433 e. The quantitative estimate of drug-likeness (QED) is 0.455. The minimum absolute atomic E-state index is 0.647. The van der Waals surface area contributed by atoms with E-state index in [2.05, 4.69) is 11.9 Å². The Hall–Kier alpha value is -2.82. The van der Waals surface area contributed by atoms with Crippen LogP contribution in [0.4, 0.5) is 13.2 Å². The predicted molar refractivity (Wildman–Crippen MR) is 101 cm³/mol. The molecule has 0 aliphatic rings. The van der Waals surface area contributed by atoms with Crippen molar-refractivity contribution in [3.05, 3.63) is 72.6 Å². The molecule has 0 aliphatic heterocycles. The van der Waals surface area contributed by atoms with Gasteiger partial charge in [0.1, 0.15) is 11.4 Å². The van der Waals surface area contributed by atoms with Gasteiger partial charge in [0.05, 0.1) is 6.61 Å². The van der Waals surface area contributed by atoms with E-state index in [0.717, 1.165) is 41.3 Å². The Labute approximate surface area is 156 Å². The van der Waals surface area contributed by atoms with E-state index in [-0.39, 0.29) is 0 Å². The van der Waals surface area contributed by atoms with Crippen LogP contribution in [0.1, 0.15) is 25.5 Å².